The minimum absolute atomic E-state index is 0.150. The number of anilines is 1. The summed E-state index contributed by atoms with van der Waals surface area (Å²) in [5, 5.41) is 15.1. The van der Waals surface area contributed by atoms with Gasteiger partial charge in [-0.05, 0) is 31.2 Å². The molecule has 118 valence electrons. The molecule has 10 heteroatoms. The zero-order chi connectivity index (χ0) is 16.4. The molecule has 0 aliphatic carbocycles. The molecule has 1 aromatic carbocycles. The average Bonchev–Trinajstić information content (AvgIpc) is 2.90. The van der Waals surface area contributed by atoms with Crippen LogP contribution in [0.1, 0.15) is 5.69 Å². The Hall–Kier alpha value is -2.20. The van der Waals surface area contributed by atoms with E-state index < -0.39 is 0 Å². The summed E-state index contributed by atoms with van der Waals surface area (Å²) in [4.78, 5) is 26.0. The maximum absolute atomic E-state index is 12.0. The molecule has 0 fully saturated rings. The summed E-state index contributed by atoms with van der Waals surface area (Å²) in [5.41, 5.74) is 0.705. The van der Waals surface area contributed by atoms with Gasteiger partial charge in [0.25, 0.3) is 11.3 Å². The zero-order valence-corrected chi connectivity index (χ0v) is 14.3. The van der Waals surface area contributed by atoms with E-state index in [1.165, 1.54) is 16.3 Å². The Bertz CT molecular complexity index is 920. The molecule has 1 amide bonds. The van der Waals surface area contributed by atoms with Gasteiger partial charge in [-0.1, -0.05) is 27.7 Å². The van der Waals surface area contributed by atoms with Crippen LogP contribution in [0.2, 0.25) is 0 Å². The second-order valence-electron chi connectivity index (χ2n) is 4.60. The van der Waals surface area contributed by atoms with Crippen molar-refractivity contribution in [3.8, 4) is 0 Å². The lowest BCUT2D eigenvalue weighted by atomic mass is 10.3. The monoisotopic (exact) mass is 394 g/mol. The van der Waals surface area contributed by atoms with Crippen LogP contribution in [0.5, 0.6) is 0 Å². The number of amides is 1. The normalized spacial score (nSPS) is 10.9. The molecule has 2 heterocycles. The number of carbonyl (C=O) groups is 1. The van der Waals surface area contributed by atoms with Crippen molar-refractivity contribution in [1.29, 1.82) is 0 Å². The molecule has 8 nitrogen and oxygen atoms in total. The summed E-state index contributed by atoms with van der Waals surface area (Å²) in [6.45, 7) is 1.59. The number of aryl methyl sites for hydroxylation is 1. The van der Waals surface area contributed by atoms with Crippen molar-refractivity contribution in [2.24, 2.45) is 0 Å². The zero-order valence-electron chi connectivity index (χ0n) is 11.9. The van der Waals surface area contributed by atoms with Crippen LogP contribution in [-0.2, 0) is 4.79 Å². The molecule has 0 aliphatic heterocycles. The van der Waals surface area contributed by atoms with E-state index in [0.29, 0.717) is 16.5 Å². The van der Waals surface area contributed by atoms with Gasteiger partial charge in [-0.15, -0.1) is 10.2 Å². The van der Waals surface area contributed by atoms with Crippen molar-refractivity contribution in [3.05, 3.63) is 44.8 Å². The van der Waals surface area contributed by atoms with Crippen molar-refractivity contribution in [2.75, 3.05) is 11.1 Å². The van der Waals surface area contributed by atoms with Gasteiger partial charge in [0.1, 0.15) is 5.69 Å². The van der Waals surface area contributed by atoms with Gasteiger partial charge >= 0.3 is 0 Å². The maximum atomic E-state index is 12.0. The molecule has 2 aromatic heterocycles. The van der Waals surface area contributed by atoms with E-state index >= 15 is 0 Å². The van der Waals surface area contributed by atoms with E-state index in [9.17, 15) is 9.59 Å². The highest BCUT2D eigenvalue weighted by Gasteiger charge is 2.12. The van der Waals surface area contributed by atoms with Crippen LogP contribution in [-0.4, -0.2) is 36.5 Å². The number of H-pyrrole nitrogens is 1. The first-order valence-electron chi connectivity index (χ1n) is 6.53. The van der Waals surface area contributed by atoms with Gasteiger partial charge in [0, 0.05) is 10.2 Å². The highest BCUT2D eigenvalue weighted by molar-refractivity contribution is 9.10. The summed E-state index contributed by atoms with van der Waals surface area (Å²) in [6, 6.07) is 7.29. The second kappa shape index (κ2) is 6.50. The summed E-state index contributed by atoms with van der Waals surface area (Å²) in [5.74, 6) is 0.225. The fourth-order valence-electron chi connectivity index (χ4n) is 1.77. The number of halogens is 1. The minimum atomic E-state index is -0.311. The first kappa shape index (κ1) is 15.7. The van der Waals surface area contributed by atoms with Gasteiger partial charge in [-0.3, -0.25) is 14.6 Å². The van der Waals surface area contributed by atoms with E-state index in [2.05, 4.69) is 41.5 Å². The molecule has 0 aliphatic rings. The lowest BCUT2D eigenvalue weighted by Gasteiger charge is -2.04. The number of hydrogen-bond acceptors (Lipinski definition) is 6. The Morgan fingerprint density at radius 3 is 2.83 bits per heavy atom. The lowest BCUT2D eigenvalue weighted by molar-refractivity contribution is -0.113. The van der Waals surface area contributed by atoms with Gasteiger partial charge in [-0.25, -0.2) is 0 Å². The molecule has 0 atom stereocenters. The number of hydrogen-bond donors (Lipinski definition) is 2. The van der Waals surface area contributed by atoms with Gasteiger partial charge in [0.05, 0.1) is 5.75 Å². The number of rotatable bonds is 4. The number of fused-ring (bicyclic) bond motifs is 1. The molecule has 0 spiro atoms. The molecule has 0 saturated carbocycles. The smallest absolute Gasteiger partial charge is 0.273 e. The van der Waals surface area contributed by atoms with Crippen LogP contribution in [0.3, 0.4) is 0 Å². The van der Waals surface area contributed by atoms with E-state index in [4.69, 9.17) is 0 Å². The second-order valence-corrected chi connectivity index (χ2v) is 6.46. The topological polar surface area (TPSA) is 105 Å². The van der Waals surface area contributed by atoms with E-state index in [0.717, 1.165) is 4.47 Å². The van der Waals surface area contributed by atoms with E-state index in [-0.39, 0.29) is 23.0 Å². The van der Waals surface area contributed by atoms with E-state index in [1.807, 2.05) is 12.1 Å². The maximum Gasteiger partial charge on any atom is 0.273 e. The quantitative estimate of drug-likeness (QED) is 0.651. The van der Waals surface area contributed by atoms with Crippen molar-refractivity contribution < 1.29 is 4.79 Å². The highest BCUT2D eigenvalue weighted by Crippen LogP contribution is 2.17. The van der Waals surface area contributed by atoms with Crippen molar-refractivity contribution >= 4 is 45.1 Å². The van der Waals surface area contributed by atoms with Crippen LogP contribution < -0.4 is 10.9 Å². The molecule has 0 bridgehead atoms. The predicted octanol–water partition coefficient (Wildman–Crippen LogP) is 1.61. The van der Waals surface area contributed by atoms with Crippen LogP contribution in [0.15, 0.2) is 38.7 Å². The summed E-state index contributed by atoms with van der Waals surface area (Å²) >= 11 is 4.52. The SMILES string of the molecule is Cc1nn2c(SCC(=O)Nc3ccc(Br)cc3)nnc2[nH]c1=O. The number of carbonyl (C=O) groups excluding carboxylic acids is 1. The molecule has 0 saturated heterocycles. The van der Waals surface area contributed by atoms with Crippen LogP contribution >= 0.6 is 27.7 Å². The molecule has 3 aromatic rings. The van der Waals surface area contributed by atoms with E-state index in [1.54, 1.807) is 19.1 Å². The molecular formula is C13H11BrN6O2S. The molecule has 3 rings (SSSR count). The third-order valence-electron chi connectivity index (χ3n) is 2.88. The molecule has 0 radical (unpaired) electrons. The van der Waals surface area contributed by atoms with Crippen molar-refractivity contribution in [3.63, 3.8) is 0 Å². The summed E-state index contributed by atoms with van der Waals surface area (Å²) < 4.78 is 2.35. The molecule has 23 heavy (non-hydrogen) atoms. The highest BCUT2D eigenvalue weighted by atomic mass is 79.9. The Morgan fingerprint density at radius 2 is 2.09 bits per heavy atom. The van der Waals surface area contributed by atoms with Gasteiger partial charge in [0.2, 0.25) is 11.1 Å². The molecule has 2 N–H and O–H groups in total. The van der Waals surface area contributed by atoms with Crippen LogP contribution in [0, 0.1) is 6.92 Å². The minimum Gasteiger partial charge on any atom is -0.325 e. The predicted molar refractivity (Wildman–Crippen MR) is 89.6 cm³/mol. The van der Waals surface area contributed by atoms with Crippen molar-refractivity contribution in [2.45, 2.75) is 12.1 Å². The van der Waals surface area contributed by atoms with Crippen LogP contribution in [0.25, 0.3) is 5.78 Å². The Kier molecular flexibility index (Phi) is 4.44. The molecular weight excluding hydrogens is 384 g/mol. The fourth-order valence-corrected chi connectivity index (χ4v) is 2.72. The molecule has 0 unspecified atom stereocenters. The van der Waals surface area contributed by atoms with Crippen LogP contribution in [0.4, 0.5) is 5.69 Å². The Labute approximate surface area is 142 Å². The number of thioether (sulfide) groups is 1. The lowest BCUT2D eigenvalue weighted by Crippen LogP contribution is -2.16. The van der Waals surface area contributed by atoms with Gasteiger partial charge < -0.3 is 5.32 Å². The third kappa shape index (κ3) is 3.59. The standard InChI is InChI=1S/C13H11BrN6O2S/c1-7-11(22)16-12-17-18-13(20(12)19-7)23-6-10(21)15-9-4-2-8(14)3-5-9/h2-5H,6H2,1H3,(H,15,21)(H,16,17,22). The fraction of sp³-hybridized carbons (Fsp3) is 0.154. The number of aromatic nitrogens is 5. The largest absolute Gasteiger partial charge is 0.325 e. The van der Waals surface area contributed by atoms with Gasteiger partial charge in [-0.2, -0.15) is 9.61 Å². The summed E-state index contributed by atoms with van der Waals surface area (Å²) in [7, 11) is 0. The number of nitrogens with one attached hydrogen (secondary N) is 2. The van der Waals surface area contributed by atoms with Gasteiger partial charge in [0.15, 0.2) is 0 Å². The number of nitrogens with zero attached hydrogens (tertiary/aromatic N) is 4. The number of aromatic amines is 1. The first-order chi connectivity index (χ1) is 11.0. The first-order valence-corrected chi connectivity index (χ1v) is 8.31. The Balaban J connectivity index is 1.68. The van der Waals surface area contributed by atoms with Crippen molar-refractivity contribution in [1.82, 2.24) is 24.8 Å². The average molecular weight is 395 g/mol. The summed E-state index contributed by atoms with van der Waals surface area (Å²) in [6.07, 6.45) is 0. The number of benzene rings is 1. The third-order valence-corrected chi connectivity index (χ3v) is 4.32. The Morgan fingerprint density at radius 1 is 1.35 bits per heavy atom.